The molecule has 0 aromatic heterocycles. The summed E-state index contributed by atoms with van der Waals surface area (Å²) in [6.45, 7) is 3.18. The molecule has 14 heteroatoms. The maximum Gasteiger partial charge on any atom is 0.472 e. The summed E-state index contributed by atoms with van der Waals surface area (Å²) in [5, 5.41) is 50.1. The zero-order chi connectivity index (χ0) is 43.6. The molecule has 0 amide bonds. The van der Waals surface area contributed by atoms with E-state index in [1.807, 2.05) is 12.2 Å². The van der Waals surface area contributed by atoms with Crippen molar-refractivity contribution >= 4 is 19.8 Å². The highest BCUT2D eigenvalue weighted by Crippen LogP contribution is 2.47. The molecule has 1 saturated carbocycles. The Kier molecular flexibility index (Phi) is 32.5. The molecule has 0 aromatic carbocycles. The number of phosphoric ester groups is 1. The van der Waals surface area contributed by atoms with Crippen molar-refractivity contribution in [3.8, 4) is 0 Å². The molecule has 59 heavy (non-hydrogen) atoms. The number of aliphatic hydroxyl groups is 5. The molecule has 8 atom stereocenters. The van der Waals surface area contributed by atoms with Crippen LogP contribution in [0.15, 0.2) is 60.8 Å². The minimum absolute atomic E-state index is 0.0725. The number of carbonyl (C=O) groups excluding carboxylic acids is 2. The molecule has 1 fully saturated rings. The smallest absolute Gasteiger partial charge is 0.462 e. The quantitative estimate of drug-likeness (QED) is 0.0154. The molecule has 340 valence electrons. The Morgan fingerprint density at radius 1 is 0.525 bits per heavy atom. The third-order valence-corrected chi connectivity index (χ3v) is 10.8. The summed E-state index contributed by atoms with van der Waals surface area (Å²) in [6.07, 6.45) is 28.6. The summed E-state index contributed by atoms with van der Waals surface area (Å²) >= 11 is 0. The van der Waals surface area contributed by atoms with Gasteiger partial charge in [0.1, 0.15) is 43.2 Å². The fourth-order valence-corrected chi connectivity index (χ4v) is 7.19. The largest absolute Gasteiger partial charge is 0.472 e. The zero-order valence-corrected chi connectivity index (χ0v) is 36.7. The molecule has 1 aliphatic rings. The minimum Gasteiger partial charge on any atom is -0.462 e. The van der Waals surface area contributed by atoms with Crippen LogP contribution in [0.5, 0.6) is 0 Å². The van der Waals surface area contributed by atoms with Crippen LogP contribution in [0, 0.1) is 0 Å². The average Bonchev–Trinajstić information content (AvgIpc) is 3.21. The molecule has 0 heterocycles. The van der Waals surface area contributed by atoms with Crippen molar-refractivity contribution in [2.75, 3.05) is 13.2 Å². The minimum atomic E-state index is -5.13. The molecule has 0 radical (unpaired) electrons. The van der Waals surface area contributed by atoms with Gasteiger partial charge >= 0.3 is 19.8 Å². The molecule has 1 aliphatic carbocycles. The van der Waals surface area contributed by atoms with Crippen LogP contribution < -0.4 is 0 Å². The van der Waals surface area contributed by atoms with Gasteiger partial charge in [0.25, 0.3) is 0 Å². The monoisotopic (exact) mass is 857 g/mol. The zero-order valence-electron chi connectivity index (χ0n) is 35.8. The van der Waals surface area contributed by atoms with Gasteiger partial charge in [0.05, 0.1) is 6.61 Å². The Labute approximate surface area is 353 Å². The van der Waals surface area contributed by atoms with Gasteiger partial charge in [-0.3, -0.25) is 18.6 Å². The molecule has 0 aliphatic heterocycles. The summed E-state index contributed by atoms with van der Waals surface area (Å²) in [6, 6.07) is 0. The van der Waals surface area contributed by atoms with E-state index in [0.717, 1.165) is 64.2 Å². The van der Waals surface area contributed by atoms with Crippen LogP contribution in [0.3, 0.4) is 0 Å². The highest BCUT2D eigenvalue weighted by atomic mass is 31.2. The predicted molar refractivity (Wildman–Crippen MR) is 230 cm³/mol. The van der Waals surface area contributed by atoms with Crippen molar-refractivity contribution in [1.82, 2.24) is 0 Å². The van der Waals surface area contributed by atoms with Crippen LogP contribution in [-0.2, 0) is 32.7 Å². The number of hydrogen-bond acceptors (Lipinski definition) is 12. The van der Waals surface area contributed by atoms with Gasteiger partial charge in [-0.25, -0.2) is 4.57 Å². The van der Waals surface area contributed by atoms with Gasteiger partial charge in [-0.2, -0.15) is 0 Å². The van der Waals surface area contributed by atoms with Crippen molar-refractivity contribution in [2.45, 2.75) is 198 Å². The lowest BCUT2D eigenvalue weighted by Crippen LogP contribution is -2.64. The molecule has 6 unspecified atom stereocenters. The highest BCUT2D eigenvalue weighted by molar-refractivity contribution is 7.47. The van der Waals surface area contributed by atoms with Crippen molar-refractivity contribution in [3.05, 3.63) is 60.8 Å². The predicted octanol–water partition coefficient (Wildman–Crippen LogP) is 8.16. The van der Waals surface area contributed by atoms with Gasteiger partial charge in [0, 0.05) is 12.8 Å². The van der Waals surface area contributed by atoms with Crippen LogP contribution in [-0.4, -0.2) is 98.3 Å². The maximum absolute atomic E-state index is 12.8. The lowest BCUT2D eigenvalue weighted by molar-refractivity contribution is -0.220. The van der Waals surface area contributed by atoms with Gasteiger partial charge < -0.3 is 39.9 Å². The van der Waals surface area contributed by atoms with E-state index in [1.165, 1.54) is 44.9 Å². The van der Waals surface area contributed by atoms with Gasteiger partial charge in [0.2, 0.25) is 0 Å². The van der Waals surface area contributed by atoms with Crippen molar-refractivity contribution in [2.24, 2.45) is 0 Å². The Morgan fingerprint density at radius 2 is 0.932 bits per heavy atom. The fourth-order valence-electron chi connectivity index (χ4n) is 6.21. The Bertz CT molecular complexity index is 1270. The fraction of sp³-hybridized carbons (Fsp3) is 0.733. The van der Waals surface area contributed by atoms with Crippen LogP contribution >= 0.6 is 7.82 Å². The lowest BCUT2D eigenvalue weighted by atomic mass is 9.85. The third-order valence-electron chi connectivity index (χ3n) is 9.83. The van der Waals surface area contributed by atoms with Gasteiger partial charge in [-0.05, 0) is 77.0 Å². The van der Waals surface area contributed by atoms with Crippen LogP contribution in [0.25, 0.3) is 0 Å². The molecule has 13 nitrogen and oxygen atoms in total. The molecule has 0 saturated heterocycles. The number of hydrogen-bond donors (Lipinski definition) is 6. The molecular formula is C45H77O13P. The van der Waals surface area contributed by atoms with Crippen LogP contribution in [0.2, 0.25) is 0 Å². The number of aliphatic hydroxyl groups excluding tert-OH is 5. The van der Waals surface area contributed by atoms with E-state index in [0.29, 0.717) is 19.3 Å². The average molecular weight is 857 g/mol. The first-order valence-corrected chi connectivity index (χ1v) is 23.6. The van der Waals surface area contributed by atoms with Crippen molar-refractivity contribution in [1.29, 1.82) is 0 Å². The van der Waals surface area contributed by atoms with Gasteiger partial charge in [-0.1, -0.05) is 126 Å². The third kappa shape index (κ3) is 27.9. The molecular weight excluding hydrogens is 779 g/mol. The molecule has 0 spiro atoms. The van der Waals surface area contributed by atoms with E-state index in [2.05, 4.69) is 62.5 Å². The highest BCUT2D eigenvalue weighted by Gasteiger charge is 2.51. The molecule has 1 rings (SSSR count). The van der Waals surface area contributed by atoms with E-state index in [4.69, 9.17) is 18.5 Å². The summed E-state index contributed by atoms with van der Waals surface area (Å²) in [7, 11) is -5.13. The number of carbonyl (C=O) groups is 2. The molecule has 6 N–H and O–H groups in total. The summed E-state index contributed by atoms with van der Waals surface area (Å²) in [5.74, 6) is -1.18. The number of allylic oxidation sites excluding steroid dienone is 10. The SMILES string of the molecule is CCCCC/C=C\C/C=C\C/C=C\C/C=C\CCCC(=O)OC[C@H](COP(=O)(O)OC1C(O)C(O)C(O)[C@@H](O)C1O)OC(=O)CCCCCCC/C=C\CCCCCC. The number of ether oxygens (including phenoxy) is 2. The van der Waals surface area contributed by atoms with Gasteiger partial charge in [0.15, 0.2) is 6.10 Å². The van der Waals surface area contributed by atoms with E-state index in [9.17, 15) is 44.6 Å². The second-order valence-corrected chi connectivity index (χ2v) is 16.6. The van der Waals surface area contributed by atoms with Crippen LogP contribution in [0.1, 0.15) is 155 Å². The van der Waals surface area contributed by atoms with E-state index in [-0.39, 0.29) is 12.8 Å². The van der Waals surface area contributed by atoms with Crippen LogP contribution in [0.4, 0.5) is 0 Å². The maximum atomic E-state index is 12.8. The first kappa shape index (κ1) is 54.6. The summed E-state index contributed by atoms with van der Waals surface area (Å²) in [5.41, 5.74) is 0. The topological polar surface area (TPSA) is 210 Å². The second-order valence-electron chi connectivity index (χ2n) is 15.2. The van der Waals surface area contributed by atoms with Crippen molar-refractivity contribution < 1.29 is 63.1 Å². The molecule has 0 aromatic rings. The number of esters is 2. The van der Waals surface area contributed by atoms with Gasteiger partial charge in [-0.15, -0.1) is 0 Å². The Balaban J connectivity index is 2.53. The second kappa shape index (κ2) is 35.2. The number of phosphoric acid groups is 1. The van der Waals surface area contributed by atoms with E-state index >= 15 is 0 Å². The lowest BCUT2D eigenvalue weighted by Gasteiger charge is -2.41. The van der Waals surface area contributed by atoms with E-state index < -0.39 is 75.7 Å². The number of unbranched alkanes of at least 4 members (excludes halogenated alkanes) is 13. The number of rotatable bonds is 35. The summed E-state index contributed by atoms with van der Waals surface area (Å²) < 4.78 is 33.4. The van der Waals surface area contributed by atoms with E-state index in [1.54, 1.807) is 0 Å². The first-order valence-electron chi connectivity index (χ1n) is 22.1. The standard InChI is InChI=1S/C45H77O13P/c1-3-5-7-9-11-13-15-17-18-19-20-22-23-25-27-29-31-33-38(46)55-35-37(36-56-59(53,54)58-45-43(51)41(49)40(48)42(50)44(45)52)57-39(47)34-32-30-28-26-24-21-16-14-12-10-8-6-4-2/h11,13-14,16-18,20,22,25,27,37,40-45,48-52H,3-10,12,15,19,21,23-24,26,28-36H2,1-2H3,(H,53,54)/b13-11-,16-14-,18-17-,22-20-,27-25-/t37-,40?,41-,42?,43?,44?,45?/m1/s1. The summed E-state index contributed by atoms with van der Waals surface area (Å²) in [4.78, 5) is 35.6. The normalized spacial score (nSPS) is 22.9. The van der Waals surface area contributed by atoms with Crippen molar-refractivity contribution in [3.63, 3.8) is 0 Å². The molecule has 0 bridgehead atoms. The Morgan fingerprint density at radius 3 is 1.49 bits per heavy atom. The Hall–Kier alpha value is -2.45. The first-order chi connectivity index (χ1) is 28.4.